The summed E-state index contributed by atoms with van der Waals surface area (Å²) >= 11 is 0. The van der Waals surface area contributed by atoms with Crippen LogP contribution in [-0.2, 0) is 0 Å². The monoisotopic (exact) mass is 168 g/mol. The zero-order chi connectivity index (χ0) is 9.14. The minimum absolute atomic E-state index is 0.216. The number of hydrogen-bond acceptors (Lipinski definition) is 3. The van der Waals surface area contributed by atoms with Gasteiger partial charge in [-0.3, -0.25) is 4.79 Å². The van der Waals surface area contributed by atoms with E-state index in [4.69, 9.17) is 10.8 Å². The second-order valence-electron chi connectivity index (χ2n) is 2.71. The molecule has 0 aliphatic carbocycles. The molecule has 4 nitrogen and oxygen atoms in total. The molecular weight excluding hydrogens is 156 g/mol. The SMILES string of the molecule is Cc1ccc([C@H](N)CO)c(=O)[nH]1. The topological polar surface area (TPSA) is 79.1 Å². The first-order valence-electron chi connectivity index (χ1n) is 3.71. The molecule has 0 radical (unpaired) electrons. The third-order valence-corrected chi connectivity index (χ3v) is 1.68. The summed E-state index contributed by atoms with van der Waals surface area (Å²) in [6.45, 7) is 1.57. The van der Waals surface area contributed by atoms with E-state index in [0.29, 0.717) is 5.56 Å². The van der Waals surface area contributed by atoms with Crippen molar-refractivity contribution in [2.45, 2.75) is 13.0 Å². The standard InChI is InChI=1S/C8H12N2O2/c1-5-2-3-6(7(9)4-11)8(12)10-5/h2-3,7,11H,4,9H2,1H3,(H,10,12)/t7-/m1/s1. The molecule has 12 heavy (non-hydrogen) atoms. The summed E-state index contributed by atoms with van der Waals surface area (Å²) in [5, 5.41) is 8.70. The second kappa shape index (κ2) is 3.51. The van der Waals surface area contributed by atoms with E-state index in [9.17, 15) is 4.79 Å². The molecule has 66 valence electrons. The van der Waals surface area contributed by atoms with E-state index in [-0.39, 0.29) is 12.2 Å². The van der Waals surface area contributed by atoms with Crippen LogP contribution in [0.3, 0.4) is 0 Å². The first-order chi connectivity index (χ1) is 5.65. The van der Waals surface area contributed by atoms with Gasteiger partial charge in [0, 0.05) is 11.3 Å². The van der Waals surface area contributed by atoms with E-state index in [1.54, 1.807) is 19.1 Å². The van der Waals surface area contributed by atoms with Crippen molar-refractivity contribution in [3.05, 3.63) is 33.7 Å². The van der Waals surface area contributed by atoms with Crippen LogP contribution in [0, 0.1) is 6.92 Å². The lowest BCUT2D eigenvalue weighted by atomic mass is 10.1. The van der Waals surface area contributed by atoms with Crippen LogP contribution >= 0.6 is 0 Å². The van der Waals surface area contributed by atoms with Crippen LogP contribution in [-0.4, -0.2) is 16.7 Å². The summed E-state index contributed by atoms with van der Waals surface area (Å²) in [5.74, 6) is 0. The summed E-state index contributed by atoms with van der Waals surface area (Å²) in [4.78, 5) is 13.8. The van der Waals surface area contributed by atoms with Gasteiger partial charge in [-0.05, 0) is 13.0 Å². The summed E-state index contributed by atoms with van der Waals surface area (Å²) < 4.78 is 0. The Hall–Kier alpha value is -1.13. The highest BCUT2D eigenvalue weighted by Gasteiger charge is 2.07. The van der Waals surface area contributed by atoms with Gasteiger partial charge in [0.2, 0.25) is 0 Å². The Labute approximate surface area is 70.0 Å². The van der Waals surface area contributed by atoms with Gasteiger partial charge in [-0.25, -0.2) is 0 Å². The number of aromatic amines is 1. The number of aryl methyl sites for hydroxylation is 1. The van der Waals surface area contributed by atoms with E-state index >= 15 is 0 Å². The van der Waals surface area contributed by atoms with E-state index in [2.05, 4.69) is 4.98 Å². The number of aliphatic hydroxyl groups excluding tert-OH is 1. The average molecular weight is 168 g/mol. The summed E-state index contributed by atoms with van der Waals surface area (Å²) in [6, 6.07) is 2.80. The van der Waals surface area contributed by atoms with E-state index in [1.165, 1.54) is 0 Å². The Morgan fingerprint density at radius 1 is 1.67 bits per heavy atom. The molecule has 1 aromatic heterocycles. The number of nitrogens with one attached hydrogen (secondary N) is 1. The fraction of sp³-hybridized carbons (Fsp3) is 0.375. The molecule has 0 saturated carbocycles. The van der Waals surface area contributed by atoms with Crippen molar-refractivity contribution in [3.8, 4) is 0 Å². The normalized spacial score (nSPS) is 12.9. The van der Waals surface area contributed by atoms with Crippen LogP contribution in [0.4, 0.5) is 0 Å². The largest absolute Gasteiger partial charge is 0.394 e. The predicted octanol–water partition coefficient (Wildman–Crippen LogP) is -0.325. The van der Waals surface area contributed by atoms with Gasteiger partial charge in [0.1, 0.15) is 0 Å². The van der Waals surface area contributed by atoms with Crippen molar-refractivity contribution in [1.82, 2.24) is 4.98 Å². The van der Waals surface area contributed by atoms with Crippen LogP contribution in [0.1, 0.15) is 17.3 Å². The average Bonchev–Trinajstić information content (AvgIpc) is 2.03. The summed E-state index contributed by atoms with van der Waals surface area (Å²) in [6.07, 6.45) is 0. The smallest absolute Gasteiger partial charge is 0.253 e. The molecular formula is C8H12N2O2. The molecule has 0 aromatic carbocycles. The number of hydrogen-bond donors (Lipinski definition) is 3. The lowest BCUT2D eigenvalue weighted by molar-refractivity contribution is 0.267. The van der Waals surface area contributed by atoms with Crippen LogP contribution in [0.25, 0.3) is 0 Å². The van der Waals surface area contributed by atoms with Crippen molar-refractivity contribution in [2.75, 3.05) is 6.61 Å². The van der Waals surface area contributed by atoms with Crippen LogP contribution in [0.15, 0.2) is 16.9 Å². The molecule has 0 amide bonds. The lowest BCUT2D eigenvalue weighted by Gasteiger charge is -2.06. The third-order valence-electron chi connectivity index (χ3n) is 1.68. The van der Waals surface area contributed by atoms with Gasteiger partial charge in [0.25, 0.3) is 5.56 Å². The number of H-pyrrole nitrogens is 1. The highest BCUT2D eigenvalue weighted by atomic mass is 16.3. The summed E-state index contributed by atoms with van der Waals surface area (Å²) in [7, 11) is 0. The first-order valence-corrected chi connectivity index (χ1v) is 3.71. The maximum atomic E-state index is 11.2. The van der Waals surface area contributed by atoms with Gasteiger partial charge in [-0.1, -0.05) is 6.07 Å². The van der Waals surface area contributed by atoms with Gasteiger partial charge < -0.3 is 15.8 Å². The lowest BCUT2D eigenvalue weighted by Crippen LogP contribution is -2.24. The third kappa shape index (κ3) is 1.72. The number of rotatable bonds is 2. The quantitative estimate of drug-likeness (QED) is 0.566. The highest BCUT2D eigenvalue weighted by Crippen LogP contribution is 2.02. The second-order valence-corrected chi connectivity index (χ2v) is 2.71. The van der Waals surface area contributed by atoms with E-state index in [0.717, 1.165) is 5.69 Å². The first kappa shape index (κ1) is 8.96. The molecule has 4 N–H and O–H groups in total. The fourth-order valence-electron chi connectivity index (χ4n) is 0.974. The molecule has 0 aliphatic heterocycles. The minimum atomic E-state index is -0.589. The van der Waals surface area contributed by atoms with Gasteiger partial charge in [-0.2, -0.15) is 0 Å². The van der Waals surface area contributed by atoms with E-state index in [1.807, 2.05) is 0 Å². The number of aromatic nitrogens is 1. The molecule has 1 atom stereocenters. The Bertz CT molecular complexity index is 319. The fourth-order valence-corrected chi connectivity index (χ4v) is 0.974. The Morgan fingerprint density at radius 3 is 2.83 bits per heavy atom. The molecule has 4 heteroatoms. The Kier molecular flexibility index (Phi) is 2.62. The van der Waals surface area contributed by atoms with Crippen molar-refractivity contribution in [1.29, 1.82) is 0 Å². The molecule has 0 spiro atoms. The van der Waals surface area contributed by atoms with Gasteiger partial charge in [0.05, 0.1) is 12.6 Å². The van der Waals surface area contributed by atoms with Crippen LogP contribution in [0.5, 0.6) is 0 Å². The molecule has 1 heterocycles. The Morgan fingerprint density at radius 2 is 2.33 bits per heavy atom. The highest BCUT2D eigenvalue weighted by molar-refractivity contribution is 5.16. The van der Waals surface area contributed by atoms with Crippen LogP contribution < -0.4 is 11.3 Å². The maximum Gasteiger partial charge on any atom is 0.253 e. The zero-order valence-corrected chi connectivity index (χ0v) is 6.87. The van der Waals surface area contributed by atoms with Gasteiger partial charge >= 0.3 is 0 Å². The summed E-state index contributed by atoms with van der Waals surface area (Å²) in [5.41, 5.74) is 6.46. The maximum absolute atomic E-state index is 11.2. The molecule has 0 aliphatic rings. The van der Waals surface area contributed by atoms with Crippen LogP contribution in [0.2, 0.25) is 0 Å². The Balaban J connectivity index is 3.10. The molecule has 0 unspecified atom stereocenters. The van der Waals surface area contributed by atoms with Crippen molar-refractivity contribution in [3.63, 3.8) is 0 Å². The number of aliphatic hydroxyl groups is 1. The molecule has 1 rings (SSSR count). The molecule has 0 fully saturated rings. The number of pyridine rings is 1. The van der Waals surface area contributed by atoms with Crippen molar-refractivity contribution in [2.24, 2.45) is 5.73 Å². The predicted molar refractivity (Wildman–Crippen MR) is 45.8 cm³/mol. The molecule has 0 bridgehead atoms. The zero-order valence-electron chi connectivity index (χ0n) is 6.87. The van der Waals surface area contributed by atoms with Gasteiger partial charge in [0.15, 0.2) is 0 Å². The number of nitrogens with two attached hydrogens (primary N) is 1. The van der Waals surface area contributed by atoms with Crippen molar-refractivity contribution < 1.29 is 5.11 Å². The van der Waals surface area contributed by atoms with Crippen molar-refractivity contribution >= 4 is 0 Å². The molecule has 0 saturated heterocycles. The molecule has 1 aromatic rings. The van der Waals surface area contributed by atoms with E-state index < -0.39 is 6.04 Å². The minimum Gasteiger partial charge on any atom is -0.394 e. The van der Waals surface area contributed by atoms with Gasteiger partial charge in [-0.15, -0.1) is 0 Å².